The average molecular weight is 700 g/mol. The molecule has 0 saturated carbocycles. The Balaban J connectivity index is 1.99. The van der Waals surface area contributed by atoms with Gasteiger partial charge in [-0.25, -0.2) is 0 Å². The maximum absolute atomic E-state index is 12.1. The first kappa shape index (κ1) is 41.4. The number of carbonyl (C=O) groups excluding carboxylic acids is 2. The fourth-order valence-electron chi connectivity index (χ4n) is 5.56. The van der Waals surface area contributed by atoms with E-state index in [-0.39, 0.29) is 38.0 Å². The molecule has 1 aromatic rings. The highest BCUT2D eigenvalue weighted by Crippen LogP contribution is 2.31. The minimum Gasteiger partial charge on any atom is -0.494 e. The Labute approximate surface area is 285 Å². The molecule has 1 amide bonds. The Morgan fingerprint density at radius 3 is 2.25 bits per heavy atom. The van der Waals surface area contributed by atoms with Crippen LogP contribution in [0.15, 0.2) is 24.3 Å². The number of aldehydes is 1. The molecule has 0 radical (unpaired) electrons. The minimum absolute atomic E-state index is 0.127. The number of halogens is 1. The molecule has 2 atom stereocenters. The summed E-state index contributed by atoms with van der Waals surface area (Å²) in [7, 11) is -1.27. The van der Waals surface area contributed by atoms with Crippen molar-refractivity contribution in [2.75, 3.05) is 104 Å². The lowest BCUT2D eigenvalue weighted by Gasteiger charge is -2.37. The molecule has 4 N–H and O–H groups in total. The van der Waals surface area contributed by atoms with Crippen LogP contribution in [0.5, 0.6) is 5.75 Å². The van der Waals surface area contributed by atoms with Gasteiger partial charge in [0.1, 0.15) is 12.0 Å². The van der Waals surface area contributed by atoms with Gasteiger partial charge in [0.25, 0.3) is 0 Å². The maximum atomic E-state index is 12.1. The first-order valence-electron chi connectivity index (χ1n) is 16.9. The van der Waals surface area contributed by atoms with Crippen molar-refractivity contribution in [1.82, 2.24) is 24.9 Å². The number of hydrogen-bond acceptors (Lipinski definition) is 10. The predicted octanol–water partition coefficient (Wildman–Crippen LogP) is 1.62. The normalized spacial score (nSPS) is 18.4. The topological polar surface area (TPSA) is 163 Å². The van der Waals surface area contributed by atoms with Crippen molar-refractivity contribution in [3.63, 3.8) is 0 Å². The molecular formula is C33H55FN5O8P. The van der Waals surface area contributed by atoms with Gasteiger partial charge in [-0.05, 0) is 56.1 Å². The molecule has 1 fully saturated rings. The summed E-state index contributed by atoms with van der Waals surface area (Å²) in [6.07, 6.45) is 4.36. The summed E-state index contributed by atoms with van der Waals surface area (Å²) in [5.74, 6) is -1.34. The summed E-state index contributed by atoms with van der Waals surface area (Å²) in [6.45, 7) is 6.96. The lowest BCUT2D eigenvalue weighted by atomic mass is 10.0. The van der Waals surface area contributed by atoms with Crippen molar-refractivity contribution in [2.45, 2.75) is 45.1 Å². The average Bonchev–Trinajstić information content (AvgIpc) is 3.05. The van der Waals surface area contributed by atoms with E-state index in [1.165, 1.54) is 0 Å². The van der Waals surface area contributed by atoms with Crippen LogP contribution in [-0.2, 0) is 25.6 Å². The number of ether oxygens (including phenoxy) is 1. The van der Waals surface area contributed by atoms with Crippen molar-refractivity contribution in [3.05, 3.63) is 29.8 Å². The number of unbranched alkanes of at least 4 members (excludes halogenated alkanes) is 1. The van der Waals surface area contributed by atoms with E-state index in [2.05, 4.69) is 17.1 Å². The number of nitrogens with zero attached hydrogens (tertiary/aromatic N) is 4. The van der Waals surface area contributed by atoms with Crippen LogP contribution < -0.4 is 10.1 Å². The standard InChI is InChI=1S/C33H55FN5O8P/c1-2-36-13-14-37(19-20-40)15-16-38(26-32(42)43)17-18-39(27-33(44)45)29(25-36)24-28-6-8-30(9-7-28)47-21-5-22-48(46)23-10-31(41)35-12-4-3-11-34/h6-9,20,29,46H,2-5,10-19,21-27H2,1H3,(H,35,41)(H,42,43)(H,44,45). The van der Waals surface area contributed by atoms with Gasteiger partial charge in [0.05, 0.1) is 32.9 Å². The van der Waals surface area contributed by atoms with Crippen LogP contribution in [0.1, 0.15) is 38.2 Å². The van der Waals surface area contributed by atoms with E-state index < -0.39 is 26.8 Å². The molecular weight excluding hydrogens is 644 g/mol. The lowest BCUT2D eigenvalue weighted by Crippen LogP contribution is -2.52. The van der Waals surface area contributed by atoms with E-state index in [4.69, 9.17) is 4.74 Å². The molecule has 272 valence electrons. The van der Waals surface area contributed by atoms with Crippen molar-refractivity contribution in [1.29, 1.82) is 0 Å². The highest BCUT2D eigenvalue weighted by atomic mass is 31.1. The number of carboxylic acid groups (broad SMARTS) is 2. The zero-order valence-corrected chi connectivity index (χ0v) is 29.2. The minimum atomic E-state index is -1.27. The Hall–Kier alpha value is -2.74. The van der Waals surface area contributed by atoms with E-state index in [0.29, 0.717) is 103 Å². The number of benzene rings is 1. The van der Waals surface area contributed by atoms with Gasteiger partial charge in [0.2, 0.25) is 5.91 Å². The van der Waals surface area contributed by atoms with Crippen LogP contribution in [0, 0.1) is 0 Å². The molecule has 1 aliphatic rings. The van der Waals surface area contributed by atoms with E-state index in [1.807, 2.05) is 34.1 Å². The van der Waals surface area contributed by atoms with Gasteiger partial charge in [-0.2, -0.15) is 0 Å². The van der Waals surface area contributed by atoms with Crippen molar-refractivity contribution < 1.29 is 43.4 Å². The molecule has 0 aromatic heterocycles. The second-order valence-electron chi connectivity index (χ2n) is 12.0. The quantitative estimate of drug-likeness (QED) is 0.0835. The molecule has 1 saturated heterocycles. The molecule has 48 heavy (non-hydrogen) atoms. The number of rotatable bonds is 21. The van der Waals surface area contributed by atoms with Gasteiger partial charge < -0.3 is 34.9 Å². The summed E-state index contributed by atoms with van der Waals surface area (Å²) in [5.41, 5.74) is 1.01. The fourth-order valence-corrected chi connectivity index (χ4v) is 6.73. The molecule has 0 bridgehead atoms. The molecule has 2 rings (SSSR count). The second kappa shape index (κ2) is 24.4. The van der Waals surface area contributed by atoms with Crippen LogP contribution in [0.25, 0.3) is 0 Å². The fraction of sp³-hybridized carbons (Fsp3) is 0.697. The smallest absolute Gasteiger partial charge is 0.317 e. The molecule has 0 aliphatic carbocycles. The van der Waals surface area contributed by atoms with Gasteiger partial charge in [-0.15, -0.1) is 0 Å². The number of carbonyl (C=O) groups is 4. The first-order chi connectivity index (χ1) is 23.1. The van der Waals surface area contributed by atoms with Crippen LogP contribution in [0.4, 0.5) is 4.39 Å². The molecule has 1 aliphatic heterocycles. The van der Waals surface area contributed by atoms with Crippen molar-refractivity contribution >= 4 is 32.3 Å². The summed E-state index contributed by atoms with van der Waals surface area (Å²) >= 11 is 0. The van der Waals surface area contributed by atoms with E-state index in [1.54, 1.807) is 4.90 Å². The number of nitrogens with one attached hydrogen (secondary N) is 1. The van der Waals surface area contributed by atoms with Crippen molar-refractivity contribution in [2.24, 2.45) is 0 Å². The van der Waals surface area contributed by atoms with Crippen molar-refractivity contribution in [3.8, 4) is 5.75 Å². The molecule has 1 heterocycles. The van der Waals surface area contributed by atoms with E-state index >= 15 is 0 Å². The maximum Gasteiger partial charge on any atom is 0.317 e. The summed E-state index contributed by atoms with van der Waals surface area (Å²) in [5, 5.41) is 22.0. The Bertz CT molecular complexity index is 1090. The summed E-state index contributed by atoms with van der Waals surface area (Å²) < 4.78 is 18.0. The van der Waals surface area contributed by atoms with Crippen LogP contribution >= 0.6 is 8.15 Å². The number of alkyl halides is 1. The highest BCUT2D eigenvalue weighted by Gasteiger charge is 2.26. The first-order valence-corrected chi connectivity index (χ1v) is 18.6. The second-order valence-corrected chi connectivity index (χ2v) is 14.0. The van der Waals surface area contributed by atoms with Crippen LogP contribution in [-0.4, -0.2) is 169 Å². The van der Waals surface area contributed by atoms with Gasteiger partial charge in [0.15, 0.2) is 0 Å². The monoisotopic (exact) mass is 699 g/mol. The zero-order chi connectivity index (χ0) is 35.1. The molecule has 0 spiro atoms. The van der Waals surface area contributed by atoms with Crippen LogP contribution in [0.2, 0.25) is 0 Å². The third kappa shape index (κ3) is 18.1. The number of aliphatic carboxylic acids is 2. The summed E-state index contributed by atoms with van der Waals surface area (Å²) in [4.78, 5) is 65.0. The molecule has 1 aromatic carbocycles. The Kier molecular flexibility index (Phi) is 21.1. The van der Waals surface area contributed by atoms with Crippen LogP contribution in [0.3, 0.4) is 0 Å². The van der Waals surface area contributed by atoms with Gasteiger partial charge in [0, 0.05) is 79.1 Å². The SMILES string of the molecule is CCN1CCN(CC=O)CCN(CC(=O)O)CCN(CC(=O)O)C(Cc2ccc(OCCCP(O)CCC(=O)NCCCCF)cc2)C1. The number of carboxylic acids is 2. The summed E-state index contributed by atoms with van der Waals surface area (Å²) in [6, 6.07) is 7.54. The Morgan fingerprint density at radius 1 is 0.938 bits per heavy atom. The zero-order valence-electron chi connectivity index (χ0n) is 28.3. The predicted molar refractivity (Wildman–Crippen MR) is 184 cm³/mol. The molecule has 13 nitrogen and oxygen atoms in total. The number of amides is 1. The Morgan fingerprint density at radius 2 is 1.60 bits per heavy atom. The van der Waals surface area contributed by atoms with E-state index in [0.717, 1.165) is 18.4 Å². The molecule has 15 heteroatoms. The van der Waals surface area contributed by atoms with Gasteiger partial charge >= 0.3 is 11.9 Å². The molecule has 2 unspecified atom stereocenters. The van der Waals surface area contributed by atoms with Gasteiger partial charge in [-0.3, -0.25) is 33.5 Å². The third-order valence-corrected chi connectivity index (χ3v) is 9.91. The van der Waals surface area contributed by atoms with Gasteiger partial charge in [-0.1, -0.05) is 19.1 Å². The van der Waals surface area contributed by atoms with E-state index in [9.17, 15) is 38.7 Å². The number of likely N-dealkylation sites (N-methyl/N-ethyl adjacent to an activating group) is 1. The largest absolute Gasteiger partial charge is 0.494 e. The lowest BCUT2D eigenvalue weighted by molar-refractivity contribution is -0.140. The number of hydrogen-bond donors (Lipinski definition) is 4. The highest BCUT2D eigenvalue weighted by molar-refractivity contribution is 7.51. The third-order valence-electron chi connectivity index (χ3n) is 8.33.